The molecule has 12 heavy (non-hydrogen) atoms. The zero-order valence-electron chi connectivity index (χ0n) is 6.61. The highest BCUT2D eigenvalue weighted by Crippen LogP contribution is 2.23. The molecule has 0 aromatic carbocycles. The Morgan fingerprint density at radius 2 is 2.08 bits per heavy atom. The van der Waals surface area contributed by atoms with Gasteiger partial charge in [0.15, 0.2) is 0 Å². The Balaban J connectivity index is 2.53. The average molecular weight is 177 g/mol. The quantitative estimate of drug-likeness (QED) is 0.632. The lowest BCUT2D eigenvalue weighted by atomic mass is 9.99. The number of nitrogens with zero attached hydrogens (tertiary/aromatic N) is 1. The first kappa shape index (κ1) is 9.25. The highest BCUT2D eigenvalue weighted by molar-refractivity contribution is 5.65. The predicted molar refractivity (Wildman–Crippen MR) is 39.6 cm³/mol. The molecule has 2 N–H and O–H groups in total. The first-order chi connectivity index (χ1) is 5.69. The summed E-state index contributed by atoms with van der Waals surface area (Å²) in [5.74, 6) is -0.558. The van der Waals surface area contributed by atoms with Crippen LogP contribution in [0.2, 0.25) is 0 Å². The SMILES string of the molecule is O=C(O)N1C[C@@H](CO)[C@H](CF)C1. The van der Waals surface area contributed by atoms with Gasteiger partial charge in [0.2, 0.25) is 0 Å². The van der Waals surface area contributed by atoms with Crippen LogP contribution in [-0.2, 0) is 0 Å². The van der Waals surface area contributed by atoms with Crippen LogP contribution < -0.4 is 0 Å². The summed E-state index contributed by atoms with van der Waals surface area (Å²) in [4.78, 5) is 11.6. The molecule has 70 valence electrons. The molecule has 1 heterocycles. The molecule has 0 aromatic rings. The molecule has 0 saturated carbocycles. The summed E-state index contributed by atoms with van der Waals surface area (Å²) in [6.07, 6.45) is -1.04. The van der Waals surface area contributed by atoms with Crippen LogP contribution in [0.25, 0.3) is 0 Å². The van der Waals surface area contributed by atoms with Crippen molar-refractivity contribution in [3.63, 3.8) is 0 Å². The van der Waals surface area contributed by atoms with Crippen LogP contribution in [0.5, 0.6) is 0 Å². The van der Waals surface area contributed by atoms with Gasteiger partial charge in [0.1, 0.15) is 0 Å². The zero-order valence-corrected chi connectivity index (χ0v) is 6.61. The molecule has 0 unspecified atom stereocenters. The number of hydrogen-bond acceptors (Lipinski definition) is 2. The number of likely N-dealkylation sites (tertiary alicyclic amines) is 1. The molecule has 0 bridgehead atoms. The highest BCUT2D eigenvalue weighted by Gasteiger charge is 2.34. The van der Waals surface area contributed by atoms with Gasteiger partial charge in [0, 0.05) is 31.5 Å². The Morgan fingerprint density at radius 1 is 1.50 bits per heavy atom. The van der Waals surface area contributed by atoms with Gasteiger partial charge in [-0.2, -0.15) is 0 Å². The lowest BCUT2D eigenvalue weighted by Crippen LogP contribution is -2.27. The summed E-state index contributed by atoms with van der Waals surface area (Å²) in [5, 5.41) is 17.3. The van der Waals surface area contributed by atoms with E-state index < -0.39 is 12.8 Å². The average Bonchev–Trinajstić information content (AvgIpc) is 2.46. The summed E-state index contributed by atoms with van der Waals surface area (Å²) in [7, 11) is 0. The summed E-state index contributed by atoms with van der Waals surface area (Å²) in [6.45, 7) is -0.245. The fourth-order valence-electron chi connectivity index (χ4n) is 1.48. The maximum atomic E-state index is 12.2. The minimum Gasteiger partial charge on any atom is -0.465 e. The van der Waals surface area contributed by atoms with E-state index in [0.29, 0.717) is 0 Å². The highest BCUT2D eigenvalue weighted by atomic mass is 19.1. The van der Waals surface area contributed by atoms with E-state index in [4.69, 9.17) is 10.2 Å². The van der Waals surface area contributed by atoms with Crippen LogP contribution >= 0.6 is 0 Å². The summed E-state index contributed by atoms with van der Waals surface area (Å²) in [5.41, 5.74) is 0. The van der Waals surface area contributed by atoms with Gasteiger partial charge in [0.25, 0.3) is 0 Å². The number of carbonyl (C=O) groups is 1. The smallest absolute Gasteiger partial charge is 0.407 e. The molecule has 4 nitrogen and oxygen atoms in total. The van der Waals surface area contributed by atoms with Gasteiger partial charge in [-0.1, -0.05) is 0 Å². The Bertz CT molecular complexity index is 164. The normalized spacial score (nSPS) is 29.3. The summed E-state index contributed by atoms with van der Waals surface area (Å²) < 4.78 is 12.2. The third kappa shape index (κ3) is 1.66. The van der Waals surface area contributed by atoms with E-state index in [9.17, 15) is 9.18 Å². The van der Waals surface area contributed by atoms with Crippen molar-refractivity contribution in [2.75, 3.05) is 26.4 Å². The van der Waals surface area contributed by atoms with E-state index in [1.165, 1.54) is 0 Å². The second-order valence-corrected chi connectivity index (χ2v) is 3.04. The van der Waals surface area contributed by atoms with Crippen molar-refractivity contribution in [3.8, 4) is 0 Å². The van der Waals surface area contributed by atoms with Crippen LogP contribution in [0.3, 0.4) is 0 Å². The molecule has 0 radical (unpaired) electrons. The van der Waals surface area contributed by atoms with Gasteiger partial charge in [-0.25, -0.2) is 4.79 Å². The monoisotopic (exact) mass is 177 g/mol. The van der Waals surface area contributed by atoms with Gasteiger partial charge >= 0.3 is 6.09 Å². The van der Waals surface area contributed by atoms with Gasteiger partial charge < -0.3 is 15.1 Å². The van der Waals surface area contributed by atoms with Crippen molar-refractivity contribution in [2.24, 2.45) is 11.8 Å². The van der Waals surface area contributed by atoms with Crippen molar-refractivity contribution < 1.29 is 19.4 Å². The van der Waals surface area contributed by atoms with Crippen LogP contribution in [0, 0.1) is 11.8 Å². The van der Waals surface area contributed by atoms with E-state index in [2.05, 4.69) is 0 Å². The Kier molecular flexibility index (Phi) is 2.86. The molecule has 0 spiro atoms. The summed E-state index contributed by atoms with van der Waals surface area (Å²) >= 11 is 0. The largest absolute Gasteiger partial charge is 0.465 e. The van der Waals surface area contributed by atoms with E-state index >= 15 is 0 Å². The third-order valence-electron chi connectivity index (χ3n) is 2.28. The van der Waals surface area contributed by atoms with Crippen LogP contribution in [-0.4, -0.2) is 47.6 Å². The van der Waals surface area contributed by atoms with Gasteiger partial charge in [0.05, 0.1) is 6.67 Å². The standard InChI is InChI=1S/C7H12FNO3/c8-1-5-2-9(7(11)12)3-6(5)4-10/h5-6,10H,1-4H2,(H,11,12)/t5-,6+/m1/s1. The molecule has 5 heteroatoms. The third-order valence-corrected chi connectivity index (χ3v) is 2.28. The molecule has 0 aromatic heterocycles. The van der Waals surface area contributed by atoms with Crippen molar-refractivity contribution >= 4 is 6.09 Å². The number of aliphatic hydroxyl groups excluding tert-OH is 1. The predicted octanol–water partition coefficient (Wildman–Crippen LogP) is 0.174. The van der Waals surface area contributed by atoms with Gasteiger partial charge in [-0.3, -0.25) is 4.39 Å². The fraction of sp³-hybridized carbons (Fsp3) is 0.857. The second kappa shape index (κ2) is 3.71. The van der Waals surface area contributed by atoms with E-state index in [-0.39, 0.29) is 31.5 Å². The number of halogens is 1. The molecule has 1 rings (SSSR count). The number of carboxylic acid groups (broad SMARTS) is 1. The van der Waals surface area contributed by atoms with Crippen molar-refractivity contribution in [1.82, 2.24) is 4.90 Å². The first-order valence-electron chi connectivity index (χ1n) is 3.83. The number of amides is 1. The van der Waals surface area contributed by atoms with Crippen molar-refractivity contribution in [2.45, 2.75) is 0 Å². The number of aliphatic hydroxyl groups is 1. The fourth-order valence-corrected chi connectivity index (χ4v) is 1.48. The summed E-state index contributed by atoms with van der Waals surface area (Å²) in [6, 6.07) is 0. The van der Waals surface area contributed by atoms with Crippen molar-refractivity contribution in [3.05, 3.63) is 0 Å². The van der Waals surface area contributed by atoms with Crippen molar-refractivity contribution in [1.29, 1.82) is 0 Å². The lowest BCUT2D eigenvalue weighted by molar-refractivity contribution is 0.150. The van der Waals surface area contributed by atoms with Crippen LogP contribution in [0.1, 0.15) is 0 Å². The molecule has 1 aliphatic rings. The topological polar surface area (TPSA) is 60.8 Å². The van der Waals surface area contributed by atoms with Crippen LogP contribution in [0.4, 0.5) is 9.18 Å². The molecule has 1 amide bonds. The van der Waals surface area contributed by atoms with Gasteiger partial charge in [-0.15, -0.1) is 0 Å². The molecule has 1 aliphatic heterocycles. The number of hydrogen-bond donors (Lipinski definition) is 2. The first-order valence-corrected chi connectivity index (χ1v) is 3.83. The van der Waals surface area contributed by atoms with E-state index in [1.807, 2.05) is 0 Å². The Morgan fingerprint density at radius 3 is 2.42 bits per heavy atom. The molecule has 2 atom stereocenters. The maximum Gasteiger partial charge on any atom is 0.407 e. The van der Waals surface area contributed by atoms with E-state index in [0.717, 1.165) is 4.90 Å². The minimum absolute atomic E-state index is 0.141. The number of rotatable bonds is 2. The Hall–Kier alpha value is -0.840. The molecule has 1 fully saturated rings. The van der Waals surface area contributed by atoms with Gasteiger partial charge in [-0.05, 0) is 0 Å². The van der Waals surface area contributed by atoms with Crippen LogP contribution in [0.15, 0.2) is 0 Å². The zero-order chi connectivity index (χ0) is 9.14. The molecule has 1 saturated heterocycles. The minimum atomic E-state index is -1.04. The molecule has 0 aliphatic carbocycles. The Labute approximate surface area is 69.6 Å². The molecular weight excluding hydrogens is 165 g/mol. The van der Waals surface area contributed by atoms with E-state index in [1.54, 1.807) is 0 Å². The number of alkyl halides is 1. The molecular formula is C7H12FNO3. The lowest BCUT2D eigenvalue weighted by Gasteiger charge is -2.09. The second-order valence-electron chi connectivity index (χ2n) is 3.04. The maximum absolute atomic E-state index is 12.2.